The lowest BCUT2D eigenvalue weighted by Gasteiger charge is -2.20. The number of carbonyl (C=O) groups excluding carboxylic acids is 1. The van der Waals surface area contributed by atoms with Crippen LogP contribution in [0.3, 0.4) is 0 Å². The lowest BCUT2D eigenvalue weighted by Crippen LogP contribution is -2.31. The fourth-order valence-electron chi connectivity index (χ4n) is 3.17. The van der Waals surface area contributed by atoms with Gasteiger partial charge in [0.1, 0.15) is 21.7 Å². The van der Waals surface area contributed by atoms with Crippen molar-refractivity contribution in [3.8, 4) is 11.5 Å². The highest BCUT2D eigenvalue weighted by atomic mass is 35.5. The van der Waals surface area contributed by atoms with E-state index in [0.29, 0.717) is 33.7 Å². The standard InChI is InChI=1S/C24H21ClN2O3S2/c1-29-19-12-13-20(30-2)23-22(19)26-24(32-23)27(14-16-6-4-3-5-7-16)21(28)15-31-18-10-8-17(25)9-11-18/h3-13H,14-15H2,1-2H3. The molecule has 0 aliphatic rings. The molecule has 0 radical (unpaired) electrons. The Kier molecular flexibility index (Phi) is 7.19. The molecule has 0 unspecified atom stereocenters. The first-order chi connectivity index (χ1) is 15.6. The Balaban J connectivity index is 1.67. The van der Waals surface area contributed by atoms with Gasteiger partial charge < -0.3 is 9.47 Å². The SMILES string of the molecule is COc1ccc(OC)c2sc(N(Cc3ccccc3)C(=O)CSc3ccc(Cl)cc3)nc12. The number of amides is 1. The molecule has 5 nitrogen and oxygen atoms in total. The maximum atomic E-state index is 13.4. The summed E-state index contributed by atoms with van der Waals surface area (Å²) in [4.78, 5) is 20.8. The maximum absolute atomic E-state index is 13.4. The Morgan fingerprint density at radius 3 is 2.38 bits per heavy atom. The minimum atomic E-state index is -0.0363. The van der Waals surface area contributed by atoms with Crippen LogP contribution in [0.25, 0.3) is 10.2 Å². The highest BCUT2D eigenvalue weighted by Gasteiger charge is 2.23. The molecule has 0 bridgehead atoms. The maximum Gasteiger partial charge on any atom is 0.239 e. The van der Waals surface area contributed by atoms with E-state index in [-0.39, 0.29) is 11.7 Å². The van der Waals surface area contributed by atoms with E-state index >= 15 is 0 Å². The summed E-state index contributed by atoms with van der Waals surface area (Å²) in [5.41, 5.74) is 1.71. The van der Waals surface area contributed by atoms with Crippen molar-refractivity contribution >= 4 is 56.0 Å². The van der Waals surface area contributed by atoms with Crippen LogP contribution in [0.1, 0.15) is 5.56 Å². The van der Waals surface area contributed by atoms with Crippen molar-refractivity contribution in [2.24, 2.45) is 0 Å². The van der Waals surface area contributed by atoms with Gasteiger partial charge in [-0.1, -0.05) is 53.3 Å². The number of hydrogen-bond donors (Lipinski definition) is 0. The summed E-state index contributed by atoms with van der Waals surface area (Å²) in [6.07, 6.45) is 0. The molecule has 0 fully saturated rings. The number of thioether (sulfide) groups is 1. The van der Waals surface area contributed by atoms with Crippen LogP contribution in [0, 0.1) is 0 Å². The topological polar surface area (TPSA) is 51.7 Å². The second-order valence-electron chi connectivity index (χ2n) is 6.85. The second kappa shape index (κ2) is 10.3. The number of thiazole rings is 1. The van der Waals surface area contributed by atoms with Gasteiger partial charge in [0.25, 0.3) is 0 Å². The molecule has 0 saturated heterocycles. The number of nitrogens with zero attached hydrogens (tertiary/aromatic N) is 2. The summed E-state index contributed by atoms with van der Waals surface area (Å²) >= 11 is 8.86. The zero-order valence-electron chi connectivity index (χ0n) is 17.6. The molecule has 32 heavy (non-hydrogen) atoms. The molecular formula is C24H21ClN2O3S2. The summed E-state index contributed by atoms with van der Waals surface area (Å²) < 4.78 is 11.8. The molecule has 8 heteroatoms. The second-order valence-corrected chi connectivity index (χ2v) is 9.32. The zero-order chi connectivity index (χ0) is 22.5. The Labute approximate surface area is 199 Å². The molecule has 0 saturated carbocycles. The van der Waals surface area contributed by atoms with E-state index in [2.05, 4.69) is 0 Å². The van der Waals surface area contributed by atoms with Crippen LogP contribution in [0.4, 0.5) is 5.13 Å². The Morgan fingerprint density at radius 1 is 1.00 bits per heavy atom. The summed E-state index contributed by atoms with van der Waals surface area (Å²) in [7, 11) is 3.23. The quantitative estimate of drug-likeness (QED) is 0.275. The van der Waals surface area contributed by atoms with Crippen LogP contribution in [0.2, 0.25) is 5.02 Å². The first kappa shape index (κ1) is 22.5. The lowest BCUT2D eigenvalue weighted by atomic mass is 10.2. The van der Waals surface area contributed by atoms with Gasteiger partial charge in [0.2, 0.25) is 5.91 Å². The largest absolute Gasteiger partial charge is 0.495 e. The number of ether oxygens (including phenoxy) is 2. The van der Waals surface area contributed by atoms with Crippen molar-refractivity contribution in [1.82, 2.24) is 4.98 Å². The Morgan fingerprint density at radius 2 is 1.69 bits per heavy atom. The van der Waals surface area contributed by atoms with E-state index in [4.69, 9.17) is 26.1 Å². The Bertz CT molecular complexity index is 1170. The summed E-state index contributed by atoms with van der Waals surface area (Å²) in [6.45, 7) is 0.422. The molecule has 1 aromatic heterocycles. The van der Waals surface area contributed by atoms with Gasteiger partial charge in [-0.2, -0.15) is 0 Å². The van der Waals surface area contributed by atoms with Crippen molar-refractivity contribution in [2.75, 3.05) is 24.9 Å². The number of methoxy groups -OCH3 is 2. The average molecular weight is 485 g/mol. The van der Waals surface area contributed by atoms with E-state index < -0.39 is 0 Å². The van der Waals surface area contributed by atoms with Gasteiger partial charge in [-0.25, -0.2) is 4.98 Å². The van der Waals surface area contributed by atoms with Gasteiger partial charge in [0, 0.05) is 9.92 Å². The number of rotatable bonds is 8. The van der Waals surface area contributed by atoms with Crippen LogP contribution in [0.15, 0.2) is 71.6 Å². The molecule has 1 amide bonds. The third-order valence-electron chi connectivity index (χ3n) is 4.79. The number of carbonyl (C=O) groups is 1. The smallest absolute Gasteiger partial charge is 0.239 e. The van der Waals surface area contributed by atoms with E-state index in [1.807, 2.05) is 66.7 Å². The highest BCUT2D eigenvalue weighted by Crippen LogP contribution is 2.40. The third-order valence-corrected chi connectivity index (χ3v) is 7.13. The fourth-order valence-corrected chi connectivity index (χ4v) is 5.16. The molecule has 1 heterocycles. The van der Waals surface area contributed by atoms with Crippen LogP contribution in [-0.4, -0.2) is 30.9 Å². The molecule has 0 aliphatic carbocycles. The number of benzene rings is 3. The third kappa shape index (κ3) is 5.01. The van der Waals surface area contributed by atoms with Crippen molar-refractivity contribution in [2.45, 2.75) is 11.4 Å². The highest BCUT2D eigenvalue weighted by molar-refractivity contribution is 8.00. The van der Waals surface area contributed by atoms with Crippen molar-refractivity contribution in [3.63, 3.8) is 0 Å². The monoisotopic (exact) mass is 484 g/mol. The minimum absolute atomic E-state index is 0.0363. The van der Waals surface area contributed by atoms with E-state index in [0.717, 1.165) is 15.2 Å². The van der Waals surface area contributed by atoms with Gasteiger partial charge in [0.15, 0.2) is 5.13 Å². The van der Waals surface area contributed by atoms with Crippen molar-refractivity contribution < 1.29 is 14.3 Å². The fraction of sp³-hybridized carbons (Fsp3) is 0.167. The number of fused-ring (bicyclic) bond motifs is 1. The molecular weight excluding hydrogens is 464 g/mol. The molecule has 4 rings (SSSR count). The number of aromatic nitrogens is 1. The van der Waals surface area contributed by atoms with Gasteiger partial charge in [0.05, 0.1) is 26.5 Å². The number of anilines is 1. The van der Waals surface area contributed by atoms with Crippen LogP contribution in [0.5, 0.6) is 11.5 Å². The summed E-state index contributed by atoms with van der Waals surface area (Å²) in [5.74, 6) is 1.59. The molecule has 3 aromatic carbocycles. The van der Waals surface area contributed by atoms with Gasteiger partial charge in [-0.3, -0.25) is 9.69 Å². The first-order valence-corrected chi connectivity index (χ1v) is 12.0. The van der Waals surface area contributed by atoms with Gasteiger partial charge in [-0.05, 0) is 42.0 Å². The lowest BCUT2D eigenvalue weighted by molar-refractivity contribution is -0.116. The molecule has 164 valence electrons. The first-order valence-electron chi connectivity index (χ1n) is 9.83. The van der Waals surface area contributed by atoms with Crippen molar-refractivity contribution in [1.29, 1.82) is 0 Å². The molecule has 0 aliphatic heterocycles. The minimum Gasteiger partial charge on any atom is -0.495 e. The van der Waals surface area contributed by atoms with Crippen LogP contribution < -0.4 is 14.4 Å². The molecule has 0 atom stereocenters. The van der Waals surface area contributed by atoms with Crippen molar-refractivity contribution in [3.05, 3.63) is 77.3 Å². The van der Waals surface area contributed by atoms with Gasteiger partial charge in [-0.15, -0.1) is 11.8 Å². The van der Waals surface area contributed by atoms with Gasteiger partial charge >= 0.3 is 0 Å². The number of halogens is 1. The van der Waals surface area contributed by atoms with E-state index in [9.17, 15) is 4.79 Å². The number of hydrogen-bond acceptors (Lipinski definition) is 6. The average Bonchev–Trinajstić information content (AvgIpc) is 3.27. The van der Waals surface area contributed by atoms with E-state index in [1.54, 1.807) is 19.1 Å². The molecule has 4 aromatic rings. The summed E-state index contributed by atoms with van der Waals surface area (Å²) in [6, 6.07) is 21.0. The van der Waals surface area contributed by atoms with Crippen LogP contribution >= 0.6 is 34.7 Å². The summed E-state index contributed by atoms with van der Waals surface area (Å²) in [5, 5.41) is 1.28. The predicted octanol–water partition coefficient (Wildman–Crippen LogP) is 6.29. The molecule has 0 spiro atoms. The normalized spacial score (nSPS) is 10.8. The van der Waals surface area contributed by atoms with E-state index in [1.165, 1.54) is 23.1 Å². The molecule has 0 N–H and O–H groups in total. The zero-order valence-corrected chi connectivity index (χ0v) is 20.0. The predicted molar refractivity (Wildman–Crippen MR) is 133 cm³/mol. The Hall–Kier alpha value is -2.74. The van der Waals surface area contributed by atoms with Crippen LogP contribution in [-0.2, 0) is 11.3 Å².